The normalized spacial score (nSPS) is 10.5. The van der Waals surface area contributed by atoms with Crippen molar-refractivity contribution < 1.29 is 23.9 Å². The minimum absolute atomic E-state index is 0.0390. The fourth-order valence-electron chi connectivity index (χ4n) is 2.09. The topological polar surface area (TPSA) is 69.7 Å². The van der Waals surface area contributed by atoms with Crippen molar-refractivity contribution in [3.63, 3.8) is 0 Å². The zero-order valence-electron chi connectivity index (χ0n) is 14.6. The van der Waals surface area contributed by atoms with E-state index in [4.69, 9.17) is 9.47 Å². The molecule has 5 heteroatoms. The maximum absolute atomic E-state index is 12.1. The molecule has 0 saturated carbocycles. The molecule has 0 rings (SSSR count). The SMILES string of the molecule is CC#CCC(C=C=CC(C)(C)CC(C)=O)(C(=O)OC)C(=O)OC. The van der Waals surface area contributed by atoms with Crippen LogP contribution in [0.25, 0.3) is 0 Å². The number of rotatable bonds is 7. The molecule has 0 radical (unpaired) electrons. The lowest BCUT2D eigenvalue weighted by atomic mass is 9.83. The van der Waals surface area contributed by atoms with Crippen LogP contribution in [0, 0.1) is 22.7 Å². The molecule has 0 N–H and O–H groups in total. The standard InChI is InChI=1S/C18H24O5/c1-7-8-11-18(15(20)22-5,16(21)23-6)12-9-10-17(3,4)13-14(2)19/h10,12H,11,13H2,1-6H3. The van der Waals surface area contributed by atoms with Crippen molar-refractivity contribution in [2.75, 3.05) is 14.2 Å². The Bertz CT molecular complexity index is 564. The highest BCUT2D eigenvalue weighted by molar-refractivity contribution is 6.02. The van der Waals surface area contributed by atoms with E-state index >= 15 is 0 Å². The summed E-state index contributed by atoms with van der Waals surface area (Å²) < 4.78 is 9.47. The van der Waals surface area contributed by atoms with Gasteiger partial charge in [0.2, 0.25) is 5.41 Å². The molecule has 0 bridgehead atoms. The van der Waals surface area contributed by atoms with Crippen LogP contribution in [-0.4, -0.2) is 31.9 Å². The highest BCUT2D eigenvalue weighted by Crippen LogP contribution is 2.28. The summed E-state index contributed by atoms with van der Waals surface area (Å²) in [5.74, 6) is 3.86. The lowest BCUT2D eigenvalue weighted by molar-refractivity contribution is -0.164. The summed E-state index contributed by atoms with van der Waals surface area (Å²) in [5.41, 5.74) is 0.721. The molecule has 0 aromatic heterocycles. The molecule has 0 saturated heterocycles. The molecule has 0 spiro atoms. The monoisotopic (exact) mass is 320 g/mol. The summed E-state index contributed by atoms with van der Waals surface area (Å²) in [6, 6.07) is 0. The van der Waals surface area contributed by atoms with Crippen molar-refractivity contribution in [2.24, 2.45) is 10.8 Å². The molecule has 0 heterocycles. The molecule has 0 amide bonds. The van der Waals surface area contributed by atoms with Gasteiger partial charge in [0.05, 0.1) is 14.2 Å². The highest BCUT2D eigenvalue weighted by atomic mass is 16.5. The number of ketones is 1. The first kappa shape index (κ1) is 20.7. The van der Waals surface area contributed by atoms with Crippen molar-refractivity contribution in [2.45, 2.75) is 40.5 Å². The van der Waals surface area contributed by atoms with Gasteiger partial charge in [-0.05, 0) is 31.4 Å². The molecule has 0 aliphatic rings. The largest absolute Gasteiger partial charge is 0.468 e. The molecular formula is C18H24O5. The molecule has 0 unspecified atom stereocenters. The van der Waals surface area contributed by atoms with Crippen LogP contribution < -0.4 is 0 Å². The molecule has 126 valence electrons. The van der Waals surface area contributed by atoms with E-state index in [1.807, 2.05) is 13.8 Å². The third kappa shape index (κ3) is 6.14. The molecule has 0 aliphatic heterocycles. The predicted octanol–water partition coefficient (Wildman–Crippen LogP) is 2.45. The van der Waals surface area contributed by atoms with Crippen LogP contribution in [0.5, 0.6) is 0 Å². The third-order valence-corrected chi connectivity index (χ3v) is 3.15. The number of hydrogen-bond acceptors (Lipinski definition) is 5. The number of Topliss-reactive ketones (excluding diaryl/α,β-unsaturated/α-hetero) is 1. The summed E-state index contributed by atoms with van der Waals surface area (Å²) in [5, 5.41) is 0. The number of esters is 2. The van der Waals surface area contributed by atoms with Gasteiger partial charge in [-0.15, -0.1) is 17.6 Å². The average molecular weight is 320 g/mol. The number of methoxy groups -OCH3 is 2. The van der Waals surface area contributed by atoms with Crippen molar-refractivity contribution >= 4 is 17.7 Å². The van der Waals surface area contributed by atoms with E-state index in [1.165, 1.54) is 27.2 Å². The van der Waals surface area contributed by atoms with Crippen LogP contribution in [0.4, 0.5) is 0 Å². The van der Waals surface area contributed by atoms with Crippen LogP contribution in [0.1, 0.15) is 40.5 Å². The van der Waals surface area contributed by atoms with E-state index in [1.54, 1.807) is 13.0 Å². The van der Waals surface area contributed by atoms with Gasteiger partial charge in [-0.3, -0.25) is 14.4 Å². The average Bonchev–Trinajstić information content (AvgIpc) is 2.47. The molecule has 0 fully saturated rings. The molecule has 5 nitrogen and oxygen atoms in total. The van der Waals surface area contributed by atoms with Gasteiger partial charge in [-0.1, -0.05) is 13.8 Å². The Kier molecular flexibility index (Phi) is 8.07. The van der Waals surface area contributed by atoms with E-state index < -0.39 is 22.8 Å². The first-order chi connectivity index (χ1) is 10.6. The van der Waals surface area contributed by atoms with Crippen LogP contribution in [-0.2, 0) is 23.9 Å². The van der Waals surface area contributed by atoms with Gasteiger partial charge in [0, 0.05) is 12.8 Å². The first-order valence-corrected chi connectivity index (χ1v) is 7.16. The van der Waals surface area contributed by atoms with Crippen molar-refractivity contribution in [3.05, 3.63) is 17.9 Å². The van der Waals surface area contributed by atoms with Gasteiger partial charge >= 0.3 is 11.9 Å². The van der Waals surface area contributed by atoms with Crippen LogP contribution in [0.2, 0.25) is 0 Å². The van der Waals surface area contributed by atoms with Gasteiger partial charge in [-0.2, -0.15) is 0 Å². The summed E-state index contributed by atoms with van der Waals surface area (Å²) in [6.07, 6.45) is 3.20. The van der Waals surface area contributed by atoms with E-state index in [2.05, 4.69) is 17.6 Å². The van der Waals surface area contributed by atoms with Crippen LogP contribution >= 0.6 is 0 Å². The minimum atomic E-state index is -1.67. The number of hydrogen-bond donors (Lipinski definition) is 0. The van der Waals surface area contributed by atoms with Gasteiger partial charge in [0.25, 0.3) is 0 Å². The maximum Gasteiger partial charge on any atom is 0.328 e. The molecule has 0 atom stereocenters. The van der Waals surface area contributed by atoms with Gasteiger partial charge in [-0.25, -0.2) is 0 Å². The summed E-state index contributed by atoms with van der Waals surface area (Å²) in [6.45, 7) is 6.83. The molecule has 23 heavy (non-hydrogen) atoms. The third-order valence-electron chi connectivity index (χ3n) is 3.15. The smallest absolute Gasteiger partial charge is 0.328 e. The molecule has 0 aromatic carbocycles. The lowest BCUT2D eigenvalue weighted by Crippen LogP contribution is -2.39. The van der Waals surface area contributed by atoms with Gasteiger partial charge in [0.15, 0.2) is 0 Å². The van der Waals surface area contributed by atoms with Crippen LogP contribution in [0.15, 0.2) is 17.9 Å². The Morgan fingerprint density at radius 2 is 1.57 bits per heavy atom. The fraction of sp³-hybridized carbons (Fsp3) is 0.556. The Morgan fingerprint density at radius 3 is 1.96 bits per heavy atom. The Balaban J connectivity index is 5.88. The first-order valence-electron chi connectivity index (χ1n) is 7.16. The lowest BCUT2D eigenvalue weighted by Gasteiger charge is -2.22. The number of carbonyl (C=O) groups excluding carboxylic acids is 3. The van der Waals surface area contributed by atoms with E-state index in [0.29, 0.717) is 6.42 Å². The zero-order valence-corrected chi connectivity index (χ0v) is 14.6. The Labute approximate surface area is 137 Å². The molecular weight excluding hydrogens is 296 g/mol. The van der Waals surface area contributed by atoms with Crippen molar-refractivity contribution in [1.82, 2.24) is 0 Å². The second kappa shape index (κ2) is 8.97. The second-order valence-corrected chi connectivity index (χ2v) is 5.88. The highest BCUT2D eigenvalue weighted by Gasteiger charge is 2.46. The van der Waals surface area contributed by atoms with E-state index in [9.17, 15) is 14.4 Å². The van der Waals surface area contributed by atoms with Crippen molar-refractivity contribution in [1.29, 1.82) is 0 Å². The second-order valence-electron chi connectivity index (χ2n) is 5.88. The number of ether oxygens (including phenoxy) is 2. The minimum Gasteiger partial charge on any atom is -0.468 e. The quantitative estimate of drug-likeness (QED) is 0.312. The summed E-state index contributed by atoms with van der Waals surface area (Å²) >= 11 is 0. The van der Waals surface area contributed by atoms with E-state index in [-0.39, 0.29) is 12.2 Å². The molecule has 0 aliphatic carbocycles. The van der Waals surface area contributed by atoms with Gasteiger partial charge < -0.3 is 9.47 Å². The number of carbonyl (C=O) groups is 3. The van der Waals surface area contributed by atoms with Crippen LogP contribution in [0.3, 0.4) is 0 Å². The Hall–Kier alpha value is -2.31. The Morgan fingerprint density at radius 1 is 1.04 bits per heavy atom. The molecule has 0 aromatic rings. The predicted molar refractivity (Wildman–Crippen MR) is 86.3 cm³/mol. The van der Waals surface area contributed by atoms with Gasteiger partial charge in [0.1, 0.15) is 5.78 Å². The summed E-state index contributed by atoms with van der Waals surface area (Å²) in [7, 11) is 2.38. The summed E-state index contributed by atoms with van der Waals surface area (Å²) in [4.78, 5) is 35.5. The fourth-order valence-corrected chi connectivity index (χ4v) is 2.09. The zero-order chi connectivity index (χ0) is 18.1. The van der Waals surface area contributed by atoms with Crippen molar-refractivity contribution in [3.8, 4) is 11.8 Å². The van der Waals surface area contributed by atoms with E-state index in [0.717, 1.165) is 0 Å². The maximum atomic E-state index is 12.1.